The number of hydrogen-bond acceptors (Lipinski definition) is 3. The number of urea groups is 1. The first-order valence-electron chi connectivity index (χ1n) is 8.99. The molecule has 0 aromatic heterocycles. The van der Waals surface area contributed by atoms with Crippen LogP contribution in [0.2, 0.25) is 0 Å². The lowest BCUT2D eigenvalue weighted by Gasteiger charge is -2.28. The maximum Gasteiger partial charge on any atom is 0.319 e. The zero-order chi connectivity index (χ0) is 18.2. The molecule has 6 heteroatoms. The topological polar surface area (TPSA) is 53.6 Å². The van der Waals surface area contributed by atoms with E-state index in [9.17, 15) is 9.18 Å². The molecule has 138 valence electrons. The van der Waals surface area contributed by atoms with Crippen LogP contribution in [0.5, 0.6) is 5.75 Å². The van der Waals surface area contributed by atoms with Gasteiger partial charge in [-0.25, -0.2) is 9.18 Å². The molecule has 5 nitrogen and oxygen atoms in total. The molecule has 1 fully saturated rings. The van der Waals surface area contributed by atoms with Crippen LogP contribution in [-0.2, 0) is 0 Å². The summed E-state index contributed by atoms with van der Waals surface area (Å²) in [6.45, 7) is 2.67. The van der Waals surface area contributed by atoms with E-state index in [1.54, 1.807) is 18.2 Å². The molecule has 0 aliphatic carbocycles. The van der Waals surface area contributed by atoms with Gasteiger partial charge in [-0.05, 0) is 55.7 Å². The van der Waals surface area contributed by atoms with Crippen molar-refractivity contribution in [3.8, 4) is 5.75 Å². The highest BCUT2D eigenvalue weighted by molar-refractivity contribution is 5.89. The quantitative estimate of drug-likeness (QED) is 0.768. The van der Waals surface area contributed by atoms with Crippen LogP contribution in [0.4, 0.5) is 20.6 Å². The van der Waals surface area contributed by atoms with E-state index in [4.69, 9.17) is 4.74 Å². The maximum atomic E-state index is 13.4. The lowest BCUT2D eigenvalue weighted by molar-refractivity contribution is 0.246. The maximum absolute atomic E-state index is 13.4. The van der Waals surface area contributed by atoms with Gasteiger partial charge in [0.05, 0.1) is 6.54 Å². The van der Waals surface area contributed by atoms with Gasteiger partial charge in [-0.15, -0.1) is 0 Å². The molecule has 0 unspecified atom stereocenters. The number of ether oxygens (including phenoxy) is 1. The second kappa shape index (κ2) is 9.08. The van der Waals surface area contributed by atoms with Crippen molar-refractivity contribution in [2.75, 3.05) is 36.5 Å². The number of anilines is 2. The van der Waals surface area contributed by atoms with E-state index in [0.717, 1.165) is 18.8 Å². The number of hydrogen-bond donors (Lipinski definition) is 2. The summed E-state index contributed by atoms with van der Waals surface area (Å²) >= 11 is 0. The number of carbonyl (C=O) groups is 1. The average Bonchev–Trinajstić information content (AvgIpc) is 2.68. The minimum atomic E-state index is -0.411. The highest BCUT2D eigenvalue weighted by Crippen LogP contribution is 2.21. The normalized spacial score (nSPS) is 14.0. The lowest BCUT2D eigenvalue weighted by atomic mass is 10.1. The fourth-order valence-electron chi connectivity index (χ4n) is 2.97. The molecule has 2 N–H and O–H groups in total. The molecule has 0 radical (unpaired) electrons. The van der Waals surface area contributed by atoms with Crippen LogP contribution in [0.25, 0.3) is 0 Å². The molecular weight excluding hydrogens is 333 g/mol. The number of carbonyl (C=O) groups excluding carboxylic acids is 1. The molecule has 1 saturated heterocycles. The summed E-state index contributed by atoms with van der Waals surface area (Å²) in [6.07, 6.45) is 3.77. The van der Waals surface area contributed by atoms with Crippen molar-refractivity contribution in [2.24, 2.45) is 0 Å². The van der Waals surface area contributed by atoms with Crippen LogP contribution in [-0.4, -0.2) is 32.3 Å². The summed E-state index contributed by atoms with van der Waals surface area (Å²) in [5, 5.41) is 5.47. The van der Waals surface area contributed by atoms with E-state index in [2.05, 4.69) is 15.5 Å². The van der Waals surface area contributed by atoms with E-state index in [-0.39, 0.29) is 24.9 Å². The summed E-state index contributed by atoms with van der Waals surface area (Å²) in [7, 11) is 0. The molecule has 0 spiro atoms. The Hall–Kier alpha value is -2.76. The number of nitrogens with zero attached hydrogens (tertiary/aromatic N) is 1. The summed E-state index contributed by atoms with van der Waals surface area (Å²) in [4.78, 5) is 14.3. The third-order valence-corrected chi connectivity index (χ3v) is 4.33. The minimum absolute atomic E-state index is 0.183. The number of nitrogens with one attached hydrogen (secondary N) is 2. The van der Waals surface area contributed by atoms with E-state index in [1.165, 1.54) is 31.0 Å². The number of para-hydroxylation sites is 1. The second-order valence-corrected chi connectivity index (χ2v) is 6.25. The SMILES string of the molecule is O=C(NCCOc1ccccc1F)Nc1ccc(N2CCCCC2)cc1. The lowest BCUT2D eigenvalue weighted by Crippen LogP contribution is -2.32. The molecule has 0 atom stereocenters. The molecule has 0 saturated carbocycles. The van der Waals surface area contributed by atoms with Crippen molar-refractivity contribution in [1.29, 1.82) is 0 Å². The van der Waals surface area contributed by atoms with Crippen molar-refractivity contribution in [1.82, 2.24) is 5.32 Å². The molecule has 1 aliphatic rings. The van der Waals surface area contributed by atoms with Gasteiger partial charge in [0.25, 0.3) is 0 Å². The average molecular weight is 357 g/mol. The summed E-state index contributed by atoms with van der Waals surface area (Å²) < 4.78 is 18.7. The zero-order valence-corrected chi connectivity index (χ0v) is 14.7. The third-order valence-electron chi connectivity index (χ3n) is 4.33. The van der Waals surface area contributed by atoms with Gasteiger partial charge >= 0.3 is 6.03 Å². The van der Waals surface area contributed by atoms with Gasteiger partial charge in [-0.2, -0.15) is 0 Å². The first kappa shape index (κ1) is 18.0. The summed E-state index contributed by atoms with van der Waals surface area (Å²) in [6, 6.07) is 13.7. The van der Waals surface area contributed by atoms with E-state index in [0.29, 0.717) is 0 Å². The second-order valence-electron chi connectivity index (χ2n) is 6.25. The third kappa shape index (κ3) is 5.12. The first-order chi connectivity index (χ1) is 12.7. The Bertz CT molecular complexity index is 715. The molecule has 3 rings (SSSR count). The van der Waals surface area contributed by atoms with Crippen LogP contribution < -0.4 is 20.3 Å². The molecule has 26 heavy (non-hydrogen) atoms. The molecule has 2 aromatic carbocycles. The predicted molar refractivity (Wildman–Crippen MR) is 101 cm³/mol. The monoisotopic (exact) mass is 357 g/mol. The van der Waals surface area contributed by atoms with Crippen molar-refractivity contribution in [3.05, 3.63) is 54.3 Å². The largest absolute Gasteiger partial charge is 0.489 e. The van der Waals surface area contributed by atoms with Crippen molar-refractivity contribution >= 4 is 17.4 Å². The van der Waals surface area contributed by atoms with Crippen LogP contribution in [0, 0.1) is 5.82 Å². The highest BCUT2D eigenvalue weighted by Gasteiger charge is 2.11. The summed E-state index contributed by atoms with van der Waals surface area (Å²) in [5.74, 6) is -0.228. The number of halogens is 1. The Morgan fingerprint density at radius 3 is 2.50 bits per heavy atom. The van der Waals surface area contributed by atoms with Gasteiger partial charge in [-0.1, -0.05) is 12.1 Å². The van der Waals surface area contributed by atoms with Gasteiger partial charge < -0.3 is 20.3 Å². The van der Waals surface area contributed by atoms with Crippen molar-refractivity contribution < 1.29 is 13.9 Å². The smallest absolute Gasteiger partial charge is 0.319 e. The zero-order valence-electron chi connectivity index (χ0n) is 14.7. The fraction of sp³-hybridized carbons (Fsp3) is 0.350. The Kier molecular flexibility index (Phi) is 6.30. The Morgan fingerprint density at radius 1 is 1.04 bits per heavy atom. The molecule has 1 aliphatic heterocycles. The van der Waals surface area contributed by atoms with Gasteiger partial charge in [0, 0.05) is 24.5 Å². The first-order valence-corrected chi connectivity index (χ1v) is 8.99. The number of piperidine rings is 1. The minimum Gasteiger partial charge on any atom is -0.489 e. The van der Waals surface area contributed by atoms with E-state index >= 15 is 0 Å². The number of benzene rings is 2. The van der Waals surface area contributed by atoms with Gasteiger partial charge in [0.15, 0.2) is 11.6 Å². The Labute approximate surface area is 153 Å². The molecular formula is C20H24FN3O2. The van der Waals surface area contributed by atoms with Crippen LogP contribution in [0.15, 0.2) is 48.5 Å². The van der Waals surface area contributed by atoms with E-state index in [1.807, 2.05) is 24.3 Å². The fourth-order valence-corrected chi connectivity index (χ4v) is 2.97. The standard InChI is InChI=1S/C20H24FN3O2/c21-18-6-2-3-7-19(18)26-15-12-22-20(25)23-16-8-10-17(11-9-16)24-13-4-1-5-14-24/h2-3,6-11H,1,4-5,12-15H2,(H2,22,23,25). The van der Waals surface area contributed by atoms with Gasteiger partial charge in [0.2, 0.25) is 0 Å². The highest BCUT2D eigenvalue weighted by atomic mass is 19.1. The molecule has 1 heterocycles. The molecule has 0 bridgehead atoms. The van der Waals surface area contributed by atoms with Crippen LogP contribution >= 0.6 is 0 Å². The van der Waals surface area contributed by atoms with Crippen molar-refractivity contribution in [3.63, 3.8) is 0 Å². The van der Waals surface area contributed by atoms with Crippen LogP contribution in [0.1, 0.15) is 19.3 Å². The number of rotatable bonds is 6. The predicted octanol–water partition coefficient (Wildman–Crippen LogP) is 4.02. The van der Waals surface area contributed by atoms with Crippen LogP contribution in [0.3, 0.4) is 0 Å². The number of amides is 2. The Morgan fingerprint density at radius 2 is 1.77 bits per heavy atom. The molecule has 2 amide bonds. The van der Waals surface area contributed by atoms with Crippen molar-refractivity contribution in [2.45, 2.75) is 19.3 Å². The van der Waals surface area contributed by atoms with Gasteiger partial charge in [0.1, 0.15) is 6.61 Å². The van der Waals surface area contributed by atoms with E-state index < -0.39 is 5.82 Å². The summed E-state index contributed by atoms with van der Waals surface area (Å²) in [5.41, 5.74) is 1.92. The Balaban J connectivity index is 1.39. The molecule has 2 aromatic rings. The van der Waals surface area contributed by atoms with Gasteiger partial charge in [-0.3, -0.25) is 0 Å².